The number of methoxy groups -OCH3 is 1. The second kappa shape index (κ2) is 6.72. The van der Waals surface area contributed by atoms with Crippen molar-refractivity contribution >= 4 is 5.91 Å². The second-order valence-corrected chi connectivity index (χ2v) is 7.39. The molecule has 3 aliphatic heterocycles. The van der Waals surface area contributed by atoms with Crippen LogP contribution in [-0.2, 0) is 9.47 Å². The van der Waals surface area contributed by atoms with Gasteiger partial charge in [-0.3, -0.25) is 4.79 Å². The Bertz CT molecular complexity index is 695. The van der Waals surface area contributed by atoms with Crippen LogP contribution in [0.25, 0.3) is 0 Å². The zero-order valence-electron chi connectivity index (χ0n) is 14.9. The van der Waals surface area contributed by atoms with Crippen LogP contribution in [0.1, 0.15) is 23.2 Å². The largest absolute Gasteiger partial charge is 0.504 e. The van der Waals surface area contributed by atoms with E-state index in [1.54, 1.807) is 12.1 Å². The zero-order valence-corrected chi connectivity index (χ0v) is 14.9. The Labute approximate surface area is 152 Å². The number of carbonyl (C=O) groups is 1. The number of hydrogen-bond acceptors (Lipinski definition) is 6. The Morgan fingerprint density at radius 1 is 1.31 bits per heavy atom. The van der Waals surface area contributed by atoms with Crippen molar-refractivity contribution in [2.24, 2.45) is 11.8 Å². The lowest BCUT2D eigenvalue weighted by Crippen LogP contribution is -2.68. The number of amides is 1. The lowest BCUT2D eigenvalue weighted by Gasteiger charge is -2.57. The number of likely N-dealkylation sites (tertiary alicyclic amines) is 1. The van der Waals surface area contributed by atoms with Gasteiger partial charge in [0.2, 0.25) is 0 Å². The average molecular weight is 363 g/mol. The molecule has 0 bridgehead atoms. The number of phenolic OH excluding ortho intramolecular Hbond substituents is 1. The average Bonchev–Trinajstić information content (AvgIpc) is 2.67. The molecular formula is C19H25NO6. The molecule has 1 amide bonds. The molecule has 0 aromatic heterocycles. The van der Waals surface area contributed by atoms with E-state index in [9.17, 15) is 15.0 Å². The molecule has 1 aromatic rings. The lowest BCUT2D eigenvalue weighted by atomic mass is 9.66. The molecule has 3 saturated heterocycles. The molecule has 0 aliphatic carbocycles. The van der Waals surface area contributed by atoms with Crippen LogP contribution < -0.4 is 4.74 Å². The summed E-state index contributed by atoms with van der Waals surface area (Å²) in [5, 5.41) is 21.3. The number of nitrogens with zero attached hydrogens (tertiary/aromatic N) is 1. The predicted molar refractivity (Wildman–Crippen MR) is 92.3 cm³/mol. The fourth-order valence-electron chi connectivity index (χ4n) is 4.68. The highest BCUT2D eigenvalue weighted by Gasteiger charge is 2.56. The monoisotopic (exact) mass is 363 g/mol. The van der Waals surface area contributed by atoms with Crippen molar-refractivity contribution in [3.05, 3.63) is 23.8 Å². The molecule has 0 saturated carbocycles. The van der Waals surface area contributed by atoms with E-state index in [0.717, 1.165) is 0 Å². The van der Waals surface area contributed by atoms with Crippen LogP contribution in [0.4, 0.5) is 0 Å². The van der Waals surface area contributed by atoms with Gasteiger partial charge in [-0.25, -0.2) is 0 Å². The molecule has 0 unspecified atom stereocenters. The van der Waals surface area contributed by atoms with Gasteiger partial charge in [0.25, 0.3) is 5.91 Å². The van der Waals surface area contributed by atoms with Crippen LogP contribution in [0.2, 0.25) is 0 Å². The Kier molecular flexibility index (Phi) is 4.54. The van der Waals surface area contributed by atoms with Gasteiger partial charge in [-0.2, -0.15) is 0 Å². The molecule has 7 heteroatoms. The van der Waals surface area contributed by atoms with Crippen molar-refractivity contribution in [1.82, 2.24) is 4.90 Å². The van der Waals surface area contributed by atoms with E-state index in [1.165, 1.54) is 13.2 Å². The first-order valence-corrected chi connectivity index (χ1v) is 9.10. The first-order valence-electron chi connectivity index (χ1n) is 9.10. The highest BCUT2D eigenvalue weighted by atomic mass is 16.5. The number of benzene rings is 1. The van der Waals surface area contributed by atoms with Crippen LogP contribution in [-0.4, -0.2) is 72.7 Å². The molecular weight excluding hydrogens is 338 g/mol. The molecule has 3 aliphatic rings. The molecule has 4 atom stereocenters. The van der Waals surface area contributed by atoms with Crippen LogP contribution >= 0.6 is 0 Å². The Hall–Kier alpha value is -1.83. The van der Waals surface area contributed by atoms with Gasteiger partial charge < -0.3 is 29.3 Å². The van der Waals surface area contributed by atoms with Crippen molar-refractivity contribution in [2.75, 3.05) is 40.1 Å². The number of carbonyl (C=O) groups excluding carboxylic acids is 1. The maximum Gasteiger partial charge on any atom is 0.254 e. The summed E-state index contributed by atoms with van der Waals surface area (Å²) >= 11 is 0. The van der Waals surface area contributed by atoms with E-state index in [0.29, 0.717) is 57.1 Å². The molecule has 1 aromatic carbocycles. The van der Waals surface area contributed by atoms with Gasteiger partial charge in [-0.1, -0.05) is 0 Å². The number of phenols is 1. The van der Waals surface area contributed by atoms with E-state index in [2.05, 4.69) is 0 Å². The third kappa shape index (κ3) is 2.74. The van der Waals surface area contributed by atoms with Crippen LogP contribution in [0.3, 0.4) is 0 Å². The summed E-state index contributed by atoms with van der Waals surface area (Å²) in [5.74, 6) is -0.118. The first-order chi connectivity index (χ1) is 12.5. The molecule has 0 spiro atoms. The van der Waals surface area contributed by atoms with Gasteiger partial charge >= 0.3 is 0 Å². The molecule has 142 valence electrons. The summed E-state index contributed by atoms with van der Waals surface area (Å²) < 4.78 is 16.3. The SMILES string of the molecule is COc1ccc(C(=O)N2C[C@H]3COCC[C@@]3(O)[C@@H]3COCC[C@@H]32)cc1O. The molecule has 4 rings (SSSR count). The maximum atomic E-state index is 13.2. The van der Waals surface area contributed by atoms with Crippen LogP contribution in [0.5, 0.6) is 11.5 Å². The molecule has 7 nitrogen and oxygen atoms in total. The van der Waals surface area contributed by atoms with Crippen LogP contribution in [0, 0.1) is 11.8 Å². The molecule has 3 heterocycles. The van der Waals surface area contributed by atoms with Crippen molar-refractivity contribution in [3.63, 3.8) is 0 Å². The topological polar surface area (TPSA) is 88.5 Å². The first kappa shape index (κ1) is 17.6. The number of piperidine rings is 1. The Morgan fingerprint density at radius 2 is 2.12 bits per heavy atom. The van der Waals surface area contributed by atoms with Crippen LogP contribution in [0.15, 0.2) is 18.2 Å². The fourth-order valence-corrected chi connectivity index (χ4v) is 4.68. The van der Waals surface area contributed by atoms with E-state index >= 15 is 0 Å². The minimum absolute atomic E-state index is 0.0589. The Morgan fingerprint density at radius 3 is 2.88 bits per heavy atom. The zero-order chi connectivity index (χ0) is 18.3. The summed E-state index contributed by atoms with van der Waals surface area (Å²) in [6.07, 6.45) is 1.28. The summed E-state index contributed by atoms with van der Waals surface area (Å²) in [5.41, 5.74) is -0.432. The van der Waals surface area contributed by atoms with Gasteiger partial charge in [-0.15, -0.1) is 0 Å². The molecule has 3 fully saturated rings. The van der Waals surface area contributed by atoms with E-state index < -0.39 is 5.60 Å². The van der Waals surface area contributed by atoms with Gasteiger partial charge in [0.1, 0.15) is 0 Å². The van der Waals surface area contributed by atoms with Crippen molar-refractivity contribution in [1.29, 1.82) is 0 Å². The summed E-state index contributed by atoms with van der Waals surface area (Å²) in [6, 6.07) is 4.62. The van der Waals surface area contributed by atoms with Gasteiger partial charge in [0.05, 0.1) is 25.9 Å². The lowest BCUT2D eigenvalue weighted by molar-refractivity contribution is -0.212. The number of hydrogen-bond donors (Lipinski definition) is 2. The normalized spacial score (nSPS) is 33.9. The molecule has 26 heavy (non-hydrogen) atoms. The number of rotatable bonds is 2. The van der Waals surface area contributed by atoms with Crippen molar-refractivity contribution in [3.8, 4) is 11.5 Å². The van der Waals surface area contributed by atoms with Crippen molar-refractivity contribution < 1.29 is 29.2 Å². The van der Waals surface area contributed by atoms with E-state index in [-0.39, 0.29) is 29.5 Å². The summed E-state index contributed by atoms with van der Waals surface area (Å²) in [6.45, 7) is 2.46. The quantitative estimate of drug-likeness (QED) is 0.816. The highest BCUT2D eigenvalue weighted by molar-refractivity contribution is 5.95. The summed E-state index contributed by atoms with van der Waals surface area (Å²) in [4.78, 5) is 15.0. The molecule has 2 N–H and O–H groups in total. The highest BCUT2D eigenvalue weighted by Crippen LogP contribution is 2.44. The second-order valence-electron chi connectivity index (χ2n) is 7.39. The summed E-state index contributed by atoms with van der Waals surface area (Å²) in [7, 11) is 1.47. The smallest absolute Gasteiger partial charge is 0.254 e. The molecule has 0 radical (unpaired) electrons. The minimum Gasteiger partial charge on any atom is -0.504 e. The standard InChI is InChI=1S/C19H25NO6/c1-24-17-3-2-12(8-16(17)21)18(22)20-9-13-10-26-7-5-19(13,23)14-11-25-6-4-15(14)20/h2-3,8,13-15,21,23H,4-7,9-11H2,1H3/t13-,14+,15-,19-/m0/s1. The van der Waals surface area contributed by atoms with Gasteiger partial charge in [0.15, 0.2) is 11.5 Å². The third-order valence-corrected chi connectivity index (χ3v) is 6.14. The van der Waals surface area contributed by atoms with E-state index in [4.69, 9.17) is 14.2 Å². The van der Waals surface area contributed by atoms with E-state index in [1.807, 2.05) is 4.90 Å². The maximum absolute atomic E-state index is 13.2. The van der Waals surface area contributed by atoms with Gasteiger partial charge in [-0.05, 0) is 24.6 Å². The minimum atomic E-state index is -0.845. The number of fused-ring (bicyclic) bond motifs is 3. The number of ether oxygens (including phenoxy) is 3. The predicted octanol–water partition coefficient (Wildman–Crippen LogP) is 1.03. The fraction of sp³-hybridized carbons (Fsp3) is 0.632. The number of aliphatic hydroxyl groups is 1. The number of aromatic hydroxyl groups is 1. The van der Waals surface area contributed by atoms with Crippen molar-refractivity contribution in [2.45, 2.75) is 24.5 Å². The van der Waals surface area contributed by atoms with Gasteiger partial charge in [0, 0.05) is 49.6 Å². The third-order valence-electron chi connectivity index (χ3n) is 6.14. The Balaban J connectivity index is 1.64.